The molecule has 0 amide bonds. The average molecular weight is 311 g/mol. The number of hydrogen-bond acceptors (Lipinski definition) is 4. The zero-order valence-electron chi connectivity index (χ0n) is 12.0. The molecule has 0 aliphatic carbocycles. The van der Waals surface area contributed by atoms with Gasteiger partial charge in [0.15, 0.2) is 0 Å². The highest BCUT2D eigenvalue weighted by Gasteiger charge is 2.36. The van der Waals surface area contributed by atoms with Gasteiger partial charge >= 0.3 is 0 Å². The monoisotopic (exact) mass is 311 g/mol. The first-order valence-electron chi connectivity index (χ1n) is 7.39. The van der Waals surface area contributed by atoms with Crippen LogP contribution in [0.15, 0.2) is 24.4 Å². The summed E-state index contributed by atoms with van der Waals surface area (Å²) in [5.41, 5.74) is 1.04. The third-order valence-electron chi connectivity index (χ3n) is 4.10. The Morgan fingerprint density at radius 3 is 2.71 bits per heavy atom. The van der Waals surface area contributed by atoms with Crippen molar-refractivity contribution in [2.75, 3.05) is 39.4 Å². The van der Waals surface area contributed by atoms with Crippen LogP contribution in [0.2, 0.25) is 0 Å². The molecule has 0 saturated carbocycles. The lowest BCUT2D eigenvalue weighted by Crippen LogP contribution is -2.47. The van der Waals surface area contributed by atoms with Crippen LogP contribution in [-0.4, -0.2) is 61.4 Å². The maximum Gasteiger partial charge on any atom is 0.282 e. The lowest BCUT2D eigenvalue weighted by atomic mass is 10.0. The van der Waals surface area contributed by atoms with Crippen molar-refractivity contribution in [3.63, 3.8) is 0 Å². The number of nitrogens with zero attached hydrogens (tertiary/aromatic N) is 3. The minimum Gasteiger partial charge on any atom is -0.379 e. The number of morpholine rings is 1. The standard InChI is InChI=1S/C14H21N3O3S/c18-21(19,16-7-9-20-10-8-16)17-6-4-13(12-17)11-14-3-1-2-5-15-14/h1-3,5,13H,4,6-12H2. The third-order valence-corrected chi connectivity index (χ3v) is 6.10. The molecule has 116 valence electrons. The van der Waals surface area contributed by atoms with Gasteiger partial charge in [-0.2, -0.15) is 17.0 Å². The van der Waals surface area contributed by atoms with E-state index in [4.69, 9.17) is 4.74 Å². The number of hydrogen-bond donors (Lipinski definition) is 0. The van der Waals surface area contributed by atoms with Crippen molar-refractivity contribution >= 4 is 10.2 Å². The van der Waals surface area contributed by atoms with Crippen molar-refractivity contribution in [3.05, 3.63) is 30.1 Å². The van der Waals surface area contributed by atoms with Crippen molar-refractivity contribution in [2.24, 2.45) is 5.92 Å². The number of ether oxygens (including phenoxy) is 1. The van der Waals surface area contributed by atoms with Gasteiger partial charge in [-0.15, -0.1) is 0 Å². The van der Waals surface area contributed by atoms with Crippen LogP contribution >= 0.6 is 0 Å². The zero-order valence-corrected chi connectivity index (χ0v) is 12.8. The summed E-state index contributed by atoms with van der Waals surface area (Å²) in [6.45, 7) is 3.11. The molecule has 2 aliphatic rings. The Labute approximate surface area is 125 Å². The highest BCUT2D eigenvalue weighted by Crippen LogP contribution is 2.24. The summed E-state index contributed by atoms with van der Waals surface area (Å²) in [4.78, 5) is 4.32. The highest BCUT2D eigenvalue weighted by molar-refractivity contribution is 7.86. The van der Waals surface area contributed by atoms with Crippen LogP contribution in [0, 0.1) is 5.92 Å². The van der Waals surface area contributed by atoms with Gasteiger partial charge in [0, 0.05) is 38.1 Å². The smallest absolute Gasteiger partial charge is 0.282 e. The fourth-order valence-electron chi connectivity index (χ4n) is 2.93. The Morgan fingerprint density at radius 1 is 1.19 bits per heavy atom. The molecule has 2 aliphatic heterocycles. The van der Waals surface area contributed by atoms with E-state index in [2.05, 4.69) is 4.98 Å². The summed E-state index contributed by atoms with van der Waals surface area (Å²) >= 11 is 0. The van der Waals surface area contributed by atoms with Crippen LogP contribution < -0.4 is 0 Å². The van der Waals surface area contributed by atoms with Gasteiger partial charge in [-0.05, 0) is 30.9 Å². The second-order valence-electron chi connectivity index (χ2n) is 5.56. The third kappa shape index (κ3) is 3.42. The van der Waals surface area contributed by atoms with Crippen molar-refractivity contribution in [1.82, 2.24) is 13.6 Å². The van der Waals surface area contributed by atoms with Crippen LogP contribution in [0.3, 0.4) is 0 Å². The van der Waals surface area contributed by atoms with Gasteiger partial charge in [-0.25, -0.2) is 0 Å². The van der Waals surface area contributed by atoms with Crippen LogP contribution in [0.5, 0.6) is 0 Å². The van der Waals surface area contributed by atoms with Crippen LogP contribution in [0.1, 0.15) is 12.1 Å². The van der Waals surface area contributed by atoms with E-state index in [9.17, 15) is 8.42 Å². The topological polar surface area (TPSA) is 62.7 Å². The Balaban J connectivity index is 1.61. The summed E-state index contributed by atoms with van der Waals surface area (Å²) < 4.78 is 33.5. The maximum absolute atomic E-state index is 12.6. The van der Waals surface area contributed by atoms with E-state index in [0.29, 0.717) is 45.3 Å². The summed E-state index contributed by atoms with van der Waals surface area (Å²) in [6, 6.07) is 5.87. The second-order valence-corrected chi connectivity index (χ2v) is 7.49. The molecule has 1 aromatic heterocycles. The average Bonchev–Trinajstić information content (AvgIpc) is 2.98. The molecule has 1 atom stereocenters. The van der Waals surface area contributed by atoms with Gasteiger partial charge < -0.3 is 4.74 Å². The van der Waals surface area contributed by atoms with E-state index in [0.717, 1.165) is 18.5 Å². The molecule has 2 fully saturated rings. The first-order chi connectivity index (χ1) is 10.2. The van der Waals surface area contributed by atoms with E-state index in [-0.39, 0.29) is 0 Å². The minimum atomic E-state index is -3.32. The molecular formula is C14H21N3O3S. The van der Waals surface area contributed by atoms with Crippen LogP contribution in [0.4, 0.5) is 0 Å². The molecule has 6 nitrogen and oxygen atoms in total. The van der Waals surface area contributed by atoms with Crippen LogP contribution in [-0.2, 0) is 21.4 Å². The van der Waals surface area contributed by atoms with E-state index >= 15 is 0 Å². The Bertz CT molecular complexity index is 558. The molecule has 1 unspecified atom stereocenters. The molecule has 3 rings (SSSR count). The van der Waals surface area contributed by atoms with Gasteiger partial charge in [0.05, 0.1) is 13.2 Å². The molecule has 21 heavy (non-hydrogen) atoms. The Hall–Kier alpha value is -1.02. The predicted octanol–water partition coefficient (Wildman–Crippen LogP) is 0.523. The molecular weight excluding hydrogens is 290 g/mol. The maximum atomic E-state index is 12.6. The SMILES string of the molecule is O=S(=O)(N1CCOCC1)N1CCC(Cc2ccccn2)C1. The second kappa shape index (κ2) is 6.39. The first-order valence-corrected chi connectivity index (χ1v) is 8.79. The van der Waals surface area contributed by atoms with Gasteiger partial charge in [-0.1, -0.05) is 6.07 Å². The zero-order chi connectivity index (χ0) is 14.7. The highest BCUT2D eigenvalue weighted by atomic mass is 32.2. The fraction of sp³-hybridized carbons (Fsp3) is 0.643. The molecule has 7 heteroatoms. The summed E-state index contributed by atoms with van der Waals surface area (Å²) in [6.07, 6.45) is 3.53. The molecule has 0 spiro atoms. The minimum absolute atomic E-state index is 0.357. The lowest BCUT2D eigenvalue weighted by Gasteiger charge is -2.30. The van der Waals surface area contributed by atoms with Crippen molar-refractivity contribution in [3.8, 4) is 0 Å². The van der Waals surface area contributed by atoms with Crippen molar-refractivity contribution < 1.29 is 13.2 Å². The Morgan fingerprint density at radius 2 is 2.00 bits per heavy atom. The summed E-state index contributed by atoms with van der Waals surface area (Å²) in [5, 5.41) is 0. The van der Waals surface area contributed by atoms with E-state index in [1.54, 1.807) is 14.8 Å². The van der Waals surface area contributed by atoms with Crippen molar-refractivity contribution in [1.29, 1.82) is 0 Å². The predicted molar refractivity (Wildman–Crippen MR) is 78.9 cm³/mol. The van der Waals surface area contributed by atoms with Gasteiger partial charge in [0.25, 0.3) is 10.2 Å². The summed E-state index contributed by atoms with van der Waals surface area (Å²) in [5.74, 6) is 0.357. The molecule has 3 heterocycles. The number of rotatable bonds is 4. The lowest BCUT2D eigenvalue weighted by molar-refractivity contribution is 0.0705. The van der Waals surface area contributed by atoms with E-state index in [1.165, 1.54) is 0 Å². The first kappa shape index (κ1) is 14.9. The molecule has 1 aromatic rings. The molecule has 0 aromatic carbocycles. The fourth-order valence-corrected chi connectivity index (χ4v) is 4.60. The normalized spacial score (nSPS) is 25.2. The van der Waals surface area contributed by atoms with Crippen molar-refractivity contribution in [2.45, 2.75) is 12.8 Å². The van der Waals surface area contributed by atoms with E-state index in [1.807, 2.05) is 18.2 Å². The van der Waals surface area contributed by atoms with Crippen LogP contribution in [0.25, 0.3) is 0 Å². The van der Waals surface area contributed by atoms with Gasteiger partial charge in [-0.3, -0.25) is 4.98 Å². The summed E-state index contributed by atoms with van der Waals surface area (Å²) in [7, 11) is -3.32. The molecule has 2 saturated heterocycles. The molecule has 0 N–H and O–H groups in total. The van der Waals surface area contributed by atoms with E-state index < -0.39 is 10.2 Å². The van der Waals surface area contributed by atoms with Gasteiger partial charge in [0.1, 0.15) is 0 Å². The number of aromatic nitrogens is 1. The quantitative estimate of drug-likeness (QED) is 0.813. The number of pyridine rings is 1. The largest absolute Gasteiger partial charge is 0.379 e. The Kier molecular flexibility index (Phi) is 4.54. The molecule has 0 bridgehead atoms. The van der Waals surface area contributed by atoms with Gasteiger partial charge in [0.2, 0.25) is 0 Å². The molecule has 0 radical (unpaired) electrons.